The highest BCUT2D eigenvalue weighted by Gasteiger charge is 2.23. The maximum absolute atomic E-state index is 5.54. The first kappa shape index (κ1) is 19.9. The second-order valence-corrected chi connectivity index (χ2v) is 7.70. The smallest absolute Gasteiger partial charge is 0.225 e. The molecule has 2 aliphatic rings. The largest absolute Gasteiger partial charge is 0.497 e. The van der Waals surface area contributed by atoms with Gasteiger partial charge in [-0.25, -0.2) is 9.97 Å². The van der Waals surface area contributed by atoms with E-state index < -0.39 is 0 Å². The zero-order valence-electron chi connectivity index (χ0n) is 17.7. The van der Waals surface area contributed by atoms with Gasteiger partial charge in [-0.2, -0.15) is 0 Å². The number of aromatic nitrogens is 2. The van der Waals surface area contributed by atoms with E-state index in [0.717, 1.165) is 81.8 Å². The van der Waals surface area contributed by atoms with E-state index >= 15 is 0 Å². The highest BCUT2D eigenvalue weighted by Crippen LogP contribution is 2.27. The van der Waals surface area contributed by atoms with Crippen molar-refractivity contribution in [3.05, 3.63) is 41.2 Å². The lowest BCUT2D eigenvalue weighted by molar-refractivity contribution is 0.238. The zero-order valence-corrected chi connectivity index (χ0v) is 17.7. The molecule has 2 aromatic rings. The number of hydrogen-bond donors (Lipinski definition) is 0. The van der Waals surface area contributed by atoms with Crippen molar-refractivity contribution in [2.75, 3.05) is 58.4 Å². The molecule has 7 heteroatoms. The average molecular weight is 398 g/mol. The van der Waals surface area contributed by atoms with Gasteiger partial charge in [-0.1, -0.05) is 6.92 Å². The summed E-state index contributed by atoms with van der Waals surface area (Å²) >= 11 is 0. The molecule has 0 bridgehead atoms. The number of likely N-dealkylation sites (N-methyl/N-ethyl adjacent to an activating group) is 1. The van der Waals surface area contributed by atoms with Crippen molar-refractivity contribution in [2.45, 2.75) is 26.4 Å². The van der Waals surface area contributed by atoms with Crippen LogP contribution in [0.2, 0.25) is 0 Å². The van der Waals surface area contributed by atoms with Crippen LogP contribution in [0.5, 0.6) is 11.5 Å². The van der Waals surface area contributed by atoms with E-state index in [2.05, 4.69) is 27.7 Å². The molecule has 1 saturated heterocycles. The van der Waals surface area contributed by atoms with Crippen molar-refractivity contribution in [3.63, 3.8) is 0 Å². The molecule has 0 spiro atoms. The first-order valence-corrected chi connectivity index (χ1v) is 10.5. The van der Waals surface area contributed by atoms with E-state index in [1.54, 1.807) is 14.2 Å². The second-order valence-electron chi connectivity index (χ2n) is 7.70. The molecule has 0 saturated carbocycles. The molecular weight excluding hydrogens is 366 g/mol. The van der Waals surface area contributed by atoms with Crippen molar-refractivity contribution in [1.29, 1.82) is 0 Å². The fourth-order valence-corrected chi connectivity index (χ4v) is 4.16. The van der Waals surface area contributed by atoms with Crippen molar-refractivity contribution in [3.8, 4) is 11.5 Å². The molecule has 0 N–H and O–H groups in total. The van der Waals surface area contributed by atoms with E-state index in [-0.39, 0.29) is 0 Å². The predicted octanol–water partition coefficient (Wildman–Crippen LogP) is 2.19. The molecule has 0 unspecified atom stereocenters. The number of rotatable bonds is 6. The topological polar surface area (TPSA) is 54.0 Å². The molecule has 156 valence electrons. The minimum absolute atomic E-state index is 0.820. The third-order valence-electron chi connectivity index (χ3n) is 5.98. The maximum Gasteiger partial charge on any atom is 0.225 e. The van der Waals surface area contributed by atoms with Gasteiger partial charge in [0.05, 0.1) is 19.9 Å². The van der Waals surface area contributed by atoms with Crippen LogP contribution in [-0.2, 0) is 19.5 Å². The number of hydrogen-bond acceptors (Lipinski definition) is 7. The number of piperazine rings is 1. The summed E-state index contributed by atoms with van der Waals surface area (Å²) < 4.78 is 10.9. The first-order chi connectivity index (χ1) is 14.2. The van der Waals surface area contributed by atoms with Crippen LogP contribution in [0, 0.1) is 0 Å². The van der Waals surface area contributed by atoms with Crippen molar-refractivity contribution < 1.29 is 9.47 Å². The molecule has 1 aromatic carbocycles. The summed E-state index contributed by atoms with van der Waals surface area (Å²) in [4.78, 5) is 16.8. The number of nitrogens with zero attached hydrogens (tertiary/aromatic N) is 5. The molecule has 7 nitrogen and oxygen atoms in total. The molecule has 4 rings (SSSR count). The van der Waals surface area contributed by atoms with Gasteiger partial charge in [-0.05, 0) is 24.7 Å². The molecule has 1 aromatic heterocycles. The summed E-state index contributed by atoms with van der Waals surface area (Å²) in [5.74, 6) is 2.64. The third kappa shape index (κ3) is 4.46. The number of anilines is 1. The first-order valence-electron chi connectivity index (χ1n) is 10.5. The van der Waals surface area contributed by atoms with E-state index in [4.69, 9.17) is 19.4 Å². The molecule has 29 heavy (non-hydrogen) atoms. The van der Waals surface area contributed by atoms with Crippen molar-refractivity contribution >= 4 is 5.95 Å². The van der Waals surface area contributed by atoms with Gasteiger partial charge >= 0.3 is 0 Å². The Hall–Kier alpha value is -2.38. The number of benzene rings is 1. The fraction of sp³-hybridized carbons (Fsp3) is 0.545. The van der Waals surface area contributed by atoms with Crippen LogP contribution in [0.4, 0.5) is 5.95 Å². The van der Waals surface area contributed by atoms with Gasteiger partial charge < -0.3 is 19.3 Å². The lowest BCUT2D eigenvalue weighted by Crippen LogP contribution is -2.47. The van der Waals surface area contributed by atoms with Crippen LogP contribution < -0.4 is 14.4 Å². The van der Waals surface area contributed by atoms with E-state index in [9.17, 15) is 0 Å². The Bertz CT molecular complexity index is 836. The lowest BCUT2D eigenvalue weighted by atomic mass is 10.1. The summed E-state index contributed by atoms with van der Waals surface area (Å²) in [5.41, 5.74) is 3.57. The minimum Gasteiger partial charge on any atom is -0.497 e. The van der Waals surface area contributed by atoms with Gasteiger partial charge in [-0.3, -0.25) is 4.90 Å². The summed E-state index contributed by atoms with van der Waals surface area (Å²) in [6.07, 6.45) is 2.98. The maximum atomic E-state index is 5.54. The van der Waals surface area contributed by atoms with E-state index in [1.165, 1.54) is 11.3 Å². The van der Waals surface area contributed by atoms with Gasteiger partial charge in [0, 0.05) is 69.6 Å². The van der Waals surface area contributed by atoms with Gasteiger partial charge in [0.15, 0.2) is 0 Å². The second kappa shape index (κ2) is 8.97. The van der Waals surface area contributed by atoms with Crippen molar-refractivity contribution in [1.82, 2.24) is 19.8 Å². The molecule has 1 fully saturated rings. The molecule has 0 radical (unpaired) electrons. The Kier molecular flexibility index (Phi) is 6.16. The average Bonchev–Trinajstić information content (AvgIpc) is 2.78. The van der Waals surface area contributed by atoms with Crippen LogP contribution in [0.15, 0.2) is 24.4 Å². The predicted molar refractivity (Wildman–Crippen MR) is 114 cm³/mol. The quantitative estimate of drug-likeness (QED) is 0.741. The highest BCUT2D eigenvalue weighted by molar-refractivity contribution is 5.40. The molecule has 2 aliphatic heterocycles. The Balaban J connectivity index is 1.43. The fourth-order valence-electron chi connectivity index (χ4n) is 4.16. The molecule has 0 amide bonds. The Morgan fingerprint density at radius 3 is 2.55 bits per heavy atom. The molecule has 0 aliphatic carbocycles. The summed E-state index contributed by atoms with van der Waals surface area (Å²) in [6.45, 7) is 10.2. The van der Waals surface area contributed by atoms with E-state index in [1.807, 2.05) is 18.3 Å². The molecular formula is C22H31N5O2. The van der Waals surface area contributed by atoms with Crippen LogP contribution in [0.3, 0.4) is 0 Å². The SMILES string of the molecule is CCN1CCN(c2ncc3c(n2)CCN(Cc2cc(OC)ccc2OC)C3)CC1. The lowest BCUT2D eigenvalue weighted by Gasteiger charge is -2.35. The Morgan fingerprint density at radius 2 is 1.83 bits per heavy atom. The van der Waals surface area contributed by atoms with Crippen LogP contribution >= 0.6 is 0 Å². The van der Waals surface area contributed by atoms with Crippen molar-refractivity contribution in [2.24, 2.45) is 0 Å². The number of fused-ring (bicyclic) bond motifs is 1. The molecule has 0 atom stereocenters. The molecule has 3 heterocycles. The Morgan fingerprint density at radius 1 is 1.00 bits per heavy atom. The minimum atomic E-state index is 0.820. The Labute approximate surface area is 173 Å². The van der Waals surface area contributed by atoms with Gasteiger partial charge in [0.2, 0.25) is 5.95 Å². The van der Waals surface area contributed by atoms with Gasteiger partial charge in [0.25, 0.3) is 0 Å². The van der Waals surface area contributed by atoms with Crippen LogP contribution in [-0.4, -0.2) is 73.3 Å². The third-order valence-corrected chi connectivity index (χ3v) is 5.98. The van der Waals surface area contributed by atoms with E-state index in [0.29, 0.717) is 0 Å². The highest BCUT2D eigenvalue weighted by atomic mass is 16.5. The normalized spacial score (nSPS) is 17.8. The van der Waals surface area contributed by atoms with Gasteiger partial charge in [-0.15, -0.1) is 0 Å². The summed E-state index contributed by atoms with van der Waals surface area (Å²) in [7, 11) is 3.41. The zero-order chi connectivity index (χ0) is 20.2. The number of methoxy groups -OCH3 is 2. The van der Waals surface area contributed by atoms with Gasteiger partial charge in [0.1, 0.15) is 11.5 Å². The summed E-state index contributed by atoms with van der Waals surface area (Å²) in [6, 6.07) is 5.97. The monoisotopic (exact) mass is 397 g/mol. The van der Waals surface area contributed by atoms with Crippen LogP contribution in [0.25, 0.3) is 0 Å². The number of ether oxygens (including phenoxy) is 2. The standard InChI is InChI=1S/C22H31N5O2/c1-4-25-9-11-27(12-10-25)22-23-14-18-16-26(8-7-20(18)24-22)15-17-13-19(28-2)5-6-21(17)29-3/h5-6,13-14H,4,7-12,15-16H2,1-3H3. The van der Waals surface area contributed by atoms with Crippen LogP contribution in [0.1, 0.15) is 23.7 Å². The summed E-state index contributed by atoms with van der Waals surface area (Å²) in [5, 5.41) is 0.